The summed E-state index contributed by atoms with van der Waals surface area (Å²) in [4.78, 5) is 31.6. The summed E-state index contributed by atoms with van der Waals surface area (Å²) >= 11 is 0. The predicted octanol–water partition coefficient (Wildman–Crippen LogP) is 5.18. The summed E-state index contributed by atoms with van der Waals surface area (Å²) in [5.41, 5.74) is 7.01. The summed E-state index contributed by atoms with van der Waals surface area (Å²) < 4.78 is 6.56. The van der Waals surface area contributed by atoms with Crippen molar-refractivity contribution in [3.63, 3.8) is 0 Å². The quantitative estimate of drug-likeness (QED) is 0.348. The first-order valence-electron chi connectivity index (χ1n) is 13.4. The molecule has 1 atom stereocenters. The third-order valence-corrected chi connectivity index (χ3v) is 7.08. The molecule has 5 rings (SSSR count). The number of carbonyl (C=O) groups excluding carboxylic acids is 1. The second-order valence-corrected chi connectivity index (χ2v) is 10.3. The summed E-state index contributed by atoms with van der Waals surface area (Å²) in [5.74, 6) is 1.19. The van der Waals surface area contributed by atoms with E-state index in [2.05, 4.69) is 46.9 Å². The van der Waals surface area contributed by atoms with Crippen molar-refractivity contribution in [2.24, 2.45) is 0 Å². The summed E-state index contributed by atoms with van der Waals surface area (Å²) in [6.07, 6.45) is 1.54. The Morgan fingerprint density at radius 3 is 2.44 bits per heavy atom. The molecule has 1 aliphatic rings. The molecule has 7 nitrogen and oxygen atoms in total. The number of ether oxygens (including phenoxy) is 1. The lowest BCUT2D eigenvalue weighted by molar-refractivity contribution is 0.0689. The fourth-order valence-electron chi connectivity index (χ4n) is 5.24. The molecule has 1 saturated heterocycles. The molecular formula is C32H35N5O2. The highest BCUT2D eigenvalue weighted by molar-refractivity contribution is 5.94. The fraction of sp³-hybridized carbons (Fsp3) is 0.312. The highest BCUT2D eigenvalue weighted by Gasteiger charge is 2.28. The minimum atomic E-state index is -0.273. The van der Waals surface area contributed by atoms with Gasteiger partial charge in [-0.25, -0.2) is 4.98 Å². The standard InChI is InChI=1S/C32H35N5O2/c1-22-9-7-12-26(17-22)32(38)37-16-15-36(19-27-13-5-6-14-33-27)20-28(21-37)39-30-18-29(34-25(4)35-30)31-23(2)10-8-11-24(31)3/h5-14,17-18,28H,15-16,19-21H2,1-4H3. The van der Waals surface area contributed by atoms with Gasteiger partial charge in [-0.15, -0.1) is 0 Å². The Morgan fingerprint density at radius 2 is 1.69 bits per heavy atom. The van der Waals surface area contributed by atoms with E-state index in [9.17, 15) is 4.79 Å². The maximum absolute atomic E-state index is 13.5. The van der Waals surface area contributed by atoms with Gasteiger partial charge in [-0.1, -0.05) is 42.0 Å². The molecule has 0 bridgehead atoms. The minimum absolute atomic E-state index is 0.0158. The van der Waals surface area contributed by atoms with Crippen molar-refractivity contribution in [1.29, 1.82) is 0 Å². The molecule has 0 aliphatic carbocycles. The largest absolute Gasteiger partial charge is 0.471 e. The predicted molar refractivity (Wildman–Crippen MR) is 153 cm³/mol. The van der Waals surface area contributed by atoms with Crippen molar-refractivity contribution in [2.75, 3.05) is 26.2 Å². The maximum Gasteiger partial charge on any atom is 0.254 e. The first-order chi connectivity index (χ1) is 18.9. The van der Waals surface area contributed by atoms with Crippen LogP contribution in [0.1, 0.15) is 38.6 Å². The van der Waals surface area contributed by atoms with Crippen LogP contribution < -0.4 is 4.74 Å². The third-order valence-electron chi connectivity index (χ3n) is 7.08. The Kier molecular flexibility index (Phi) is 7.98. The Bertz CT molecular complexity index is 1440. The summed E-state index contributed by atoms with van der Waals surface area (Å²) in [7, 11) is 0. The van der Waals surface area contributed by atoms with Crippen LogP contribution >= 0.6 is 0 Å². The van der Waals surface area contributed by atoms with Crippen molar-refractivity contribution >= 4 is 5.91 Å². The number of aromatic nitrogens is 3. The van der Waals surface area contributed by atoms with Gasteiger partial charge < -0.3 is 9.64 Å². The van der Waals surface area contributed by atoms with E-state index < -0.39 is 0 Å². The van der Waals surface area contributed by atoms with Crippen LogP contribution in [0.15, 0.2) is 72.9 Å². The zero-order chi connectivity index (χ0) is 27.4. The van der Waals surface area contributed by atoms with Gasteiger partial charge in [0.2, 0.25) is 5.88 Å². The van der Waals surface area contributed by atoms with Gasteiger partial charge in [-0.3, -0.25) is 14.7 Å². The molecule has 4 aromatic rings. The number of benzene rings is 2. The van der Waals surface area contributed by atoms with E-state index in [4.69, 9.17) is 9.72 Å². The molecule has 0 N–H and O–H groups in total. The average Bonchev–Trinajstić information content (AvgIpc) is 3.10. The fourth-order valence-corrected chi connectivity index (χ4v) is 5.24. The van der Waals surface area contributed by atoms with Gasteiger partial charge in [-0.05, 0) is 63.1 Å². The normalized spacial score (nSPS) is 16.1. The SMILES string of the molecule is Cc1cccc(C(=O)N2CCN(Cc3ccccn3)CC(Oc3cc(-c4c(C)cccc4C)nc(C)n3)C2)c1. The van der Waals surface area contributed by atoms with Crippen molar-refractivity contribution in [2.45, 2.75) is 40.3 Å². The van der Waals surface area contributed by atoms with Crippen LogP contribution in [0.4, 0.5) is 0 Å². The second-order valence-electron chi connectivity index (χ2n) is 10.3. The molecule has 1 amide bonds. The summed E-state index contributed by atoms with van der Waals surface area (Å²) in [5, 5.41) is 0. The first kappa shape index (κ1) is 26.5. The van der Waals surface area contributed by atoms with Crippen LogP contribution in [0, 0.1) is 27.7 Å². The van der Waals surface area contributed by atoms with E-state index in [0.29, 0.717) is 43.4 Å². The van der Waals surface area contributed by atoms with E-state index in [1.54, 1.807) is 0 Å². The van der Waals surface area contributed by atoms with Gasteiger partial charge in [0.15, 0.2) is 0 Å². The molecule has 7 heteroatoms. The Labute approximate surface area is 230 Å². The van der Waals surface area contributed by atoms with Crippen LogP contribution in [-0.4, -0.2) is 62.9 Å². The molecule has 0 radical (unpaired) electrons. The number of carbonyl (C=O) groups is 1. The lowest BCUT2D eigenvalue weighted by atomic mass is 10.00. The zero-order valence-electron chi connectivity index (χ0n) is 23.1. The number of aryl methyl sites for hydroxylation is 4. The van der Waals surface area contributed by atoms with E-state index in [-0.39, 0.29) is 12.0 Å². The maximum atomic E-state index is 13.5. The van der Waals surface area contributed by atoms with Gasteiger partial charge in [0, 0.05) is 49.6 Å². The highest BCUT2D eigenvalue weighted by Crippen LogP contribution is 2.28. The second kappa shape index (κ2) is 11.7. The van der Waals surface area contributed by atoms with Gasteiger partial charge >= 0.3 is 0 Å². The smallest absolute Gasteiger partial charge is 0.254 e. The van der Waals surface area contributed by atoms with Crippen LogP contribution in [-0.2, 0) is 6.54 Å². The van der Waals surface area contributed by atoms with Crippen LogP contribution in [0.3, 0.4) is 0 Å². The Hall–Kier alpha value is -4.10. The molecule has 39 heavy (non-hydrogen) atoms. The molecule has 1 aliphatic heterocycles. The van der Waals surface area contributed by atoms with E-state index >= 15 is 0 Å². The van der Waals surface area contributed by atoms with E-state index in [1.807, 2.05) is 73.5 Å². The third kappa shape index (κ3) is 6.49. The number of hydrogen-bond donors (Lipinski definition) is 0. The molecule has 2 aromatic heterocycles. The van der Waals surface area contributed by atoms with Crippen molar-refractivity contribution in [3.05, 3.63) is 107 Å². The van der Waals surface area contributed by atoms with E-state index in [0.717, 1.165) is 40.2 Å². The van der Waals surface area contributed by atoms with Crippen molar-refractivity contribution in [3.8, 4) is 17.1 Å². The van der Waals surface area contributed by atoms with Gasteiger partial charge in [-0.2, -0.15) is 4.98 Å². The number of hydrogen-bond acceptors (Lipinski definition) is 6. The van der Waals surface area contributed by atoms with Gasteiger partial charge in [0.1, 0.15) is 11.9 Å². The molecule has 1 unspecified atom stereocenters. The molecule has 2 aromatic carbocycles. The van der Waals surface area contributed by atoms with Crippen molar-refractivity contribution in [1.82, 2.24) is 24.8 Å². The van der Waals surface area contributed by atoms with Crippen LogP contribution in [0.25, 0.3) is 11.3 Å². The van der Waals surface area contributed by atoms with Crippen LogP contribution in [0.2, 0.25) is 0 Å². The molecule has 0 saturated carbocycles. The molecule has 0 spiro atoms. The zero-order valence-corrected chi connectivity index (χ0v) is 23.1. The lowest BCUT2D eigenvalue weighted by Crippen LogP contribution is -2.40. The molecular weight excluding hydrogens is 486 g/mol. The topological polar surface area (TPSA) is 71.5 Å². The van der Waals surface area contributed by atoms with Crippen molar-refractivity contribution < 1.29 is 9.53 Å². The number of rotatable bonds is 6. The number of pyridine rings is 1. The Morgan fingerprint density at radius 1 is 0.897 bits per heavy atom. The number of amides is 1. The summed E-state index contributed by atoms with van der Waals surface area (Å²) in [6.45, 7) is 11.2. The summed E-state index contributed by atoms with van der Waals surface area (Å²) in [6, 6.07) is 21.9. The molecule has 200 valence electrons. The molecule has 3 heterocycles. The van der Waals surface area contributed by atoms with E-state index in [1.165, 1.54) is 0 Å². The highest BCUT2D eigenvalue weighted by atomic mass is 16.5. The van der Waals surface area contributed by atoms with Gasteiger partial charge in [0.05, 0.1) is 17.9 Å². The van der Waals surface area contributed by atoms with Crippen LogP contribution in [0.5, 0.6) is 5.88 Å². The minimum Gasteiger partial charge on any atom is -0.471 e. The monoisotopic (exact) mass is 521 g/mol. The first-order valence-corrected chi connectivity index (χ1v) is 13.4. The molecule has 1 fully saturated rings. The average molecular weight is 522 g/mol. The van der Waals surface area contributed by atoms with Gasteiger partial charge in [0.25, 0.3) is 5.91 Å². The number of nitrogens with zero attached hydrogens (tertiary/aromatic N) is 5. The lowest BCUT2D eigenvalue weighted by Gasteiger charge is -2.25. The Balaban J connectivity index is 1.43.